The zero-order valence-electron chi connectivity index (χ0n) is 11.5. The largest absolute Gasteiger partial charge is 0.358 e. The molecule has 2 aromatic carbocycles. The molecule has 0 spiro atoms. The minimum Gasteiger partial charge on any atom is -0.358 e. The van der Waals surface area contributed by atoms with E-state index >= 15 is 0 Å². The van der Waals surface area contributed by atoms with Crippen molar-refractivity contribution in [3.05, 3.63) is 65.1 Å². The van der Waals surface area contributed by atoms with Gasteiger partial charge in [0, 0.05) is 28.2 Å². The molecule has 4 rings (SSSR count). The Balaban J connectivity index is 2.03. The van der Waals surface area contributed by atoms with Gasteiger partial charge in [-0.1, -0.05) is 17.7 Å². The fourth-order valence-electron chi connectivity index (χ4n) is 2.68. The third-order valence-corrected chi connectivity index (χ3v) is 4.09. The lowest BCUT2D eigenvalue weighted by Gasteiger charge is -2.04. The van der Waals surface area contributed by atoms with Crippen LogP contribution in [0.4, 0.5) is 13.2 Å². The number of rotatable bonds is 1. The lowest BCUT2D eigenvalue weighted by Crippen LogP contribution is -1.91. The number of hydrogen-bond donors (Lipinski definition) is 1. The first-order valence-electron chi connectivity index (χ1n) is 6.76. The minimum absolute atomic E-state index is 0.0908. The second-order valence-corrected chi connectivity index (χ2v) is 5.52. The molecular weight excluding hydrogens is 325 g/mol. The van der Waals surface area contributed by atoms with E-state index in [9.17, 15) is 13.2 Å². The first-order chi connectivity index (χ1) is 11.1. The first-order valence-corrected chi connectivity index (χ1v) is 7.14. The van der Waals surface area contributed by atoms with Crippen LogP contribution in [0.5, 0.6) is 0 Å². The van der Waals surface area contributed by atoms with Crippen LogP contribution in [0, 0.1) is 17.5 Å². The smallest absolute Gasteiger partial charge is 0.169 e. The van der Waals surface area contributed by atoms with Crippen molar-refractivity contribution in [1.82, 2.24) is 9.97 Å². The monoisotopic (exact) mass is 332 g/mol. The normalized spacial score (nSPS) is 11.5. The van der Waals surface area contributed by atoms with Crippen molar-refractivity contribution in [2.24, 2.45) is 0 Å². The Hall–Kier alpha value is -2.53. The van der Waals surface area contributed by atoms with Crippen LogP contribution in [0.1, 0.15) is 0 Å². The van der Waals surface area contributed by atoms with E-state index in [1.54, 1.807) is 30.3 Å². The number of aromatic nitrogens is 2. The van der Waals surface area contributed by atoms with Crippen LogP contribution in [0.25, 0.3) is 33.1 Å². The van der Waals surface area contributed by atoms with Gasteiger partial charge in [0.1, 0.15) is 5.82 Å². The fraction of sp³-hybridized carbons (Fsp3) is 0. The minimum atomic E-state index is -1.24. The van der Waals surface area contributed by atoms with Crippen LogP contribution in [0.15, 0.2) is 42.6 Å². The van der Waals surface area contributed by atoms with Crippen molar-refractivity contribution < 1.29 is 13.2 Å². The van der Waals surface area contributed by atoms with E-state index in [0.29, 0.717) is 22.3 Å². The Labute approximate surface area is 133 Å². The van der Waals surface area contributed by atoms with Crippen molar-refractivity contribution in [2.45, 2.75) is 0 Å². The molecule has 0 fully saturated rings. The van der Waals surface area contributed by atoms with E-state index in [0.717, 1.165) is 5.39 Å². The van der Waals surface area contributed by atoms with E-state index in [-0.39, 0.29) is 16.5 Å². The standard InChI is InChI=1S/C17H8ClF3N2/c18-10-2-1-3-13-8(10)4-5-14(23-13)9-7-22-17-12(20)6-11(19)16(21)15(9)17/h1-7,22H. The molecule has 0 saturated carbocycles. The maximum Gasteiger partial charge on any atom is 0.169 e. The first kappa shape index (κ1) is 14.1. The highest BCUT2D eigenvalue weighted by atomic mass is 35.5. The zero-order valence-corrected chi connectivity index (χ0v) is 12.3. The number of nitrogens with zero attached hydrogens (tertiary/aromatic N) is 1. The predicted molar refractivity (Wildman–Crippen MR) is 83.9 cm³/mol. The van der Waals surface area contributed by atoms with Gasteiger partial charge in [0.05, 0.1) is 22.1 Å². The Bertz CT molecular complexity index is 1070. The van der Waals surface area contributed by atoms with E-state index in [4.69, 9.17) is 11.6 Å². The fourth-order valence-corrected chi connectivity index (χ4v) is 2.91. The molecule has 0 atom stereocenters. The molecule has 0 radical (unpaired) electrons. The maximum atomic E-state index is 14.1. The number of halogens is 4. The molecule has 4 aromatic rings. The van der Waals surface area contributed by atoms with Gasteiger partial charge in [0.25, 0.3) is 0 Å². The highest BCUT2D eigenvalue weighted by Gasteiger charge is 2.19. The van der Waals surface area contributed by atoms with E-state index in [1.165, 1.54) is 6.20 Å². The number of pyridine rings is 1. The molecule has 0 aliphatic heterocycles. The molecule has 0 aliphatic carbocycles. The molecule has 2 aromatic heterocycles. The second-order valence-electron chi connectivity index (χ2n) is 5.11. The summed E-state index contributed by atoms with van der Waals surface area (Å²) < 4.78 is 41.4. The average Bonchev–Trinajstić information content (AvgIpc) is 2.98. The van der Waals surface area contributed by atoms with Crippen LogP contribution in [-0.4, -0.2) is 9.97 Å². The number of aromatic amines is 1. The summed E-state index contributed by atoms with van der Waals surface area (Å²) in [5.74, 6) is -3.20. The summed E-state index contributed by atoms with van der Waals surface area (Å²) in [6.07, 6.45) is 1.41. The van der Waals surface area contributed by atoms with Gasteiger partial charge in [-0.3, -0.25) is 0 Å². The van der Waals surface area contributed by atoms with Gasteiger partial charge in [-0.2, -0.15) is 0 Å². The predicted octanol–water partition coefficient (Wildman–Crippen LogP) is 5.45. The topological polar surface area (TPSA) is 28.7 Å². The number of H-pyrrole nitrogens is 1. The molecular formula is C17H8ClF3N2. The Kier molecular flexibility index (Phi) is 3.06. The lowest BCUT2D eigenvalue weighted by atomic mass is 10.1. The Morgan fingerprint density at radius 1 is 1.00 bits per heavy atom. The third kappa shape index (κ3) is 2.08. The molecule has 0 unspecified atom stereocenters. The highest BCUT2D eigenvalue weighted by Crippen LogP contribution is 2.33. The molecule has 6 heteroatoms. The summed E-state index contributed by atoms with van der Waals surface area (Å²) in [6.45, 7) is 0. The van der Waals surface area contributed by atoms with E-state index < -0.39 is 17.5 Å². The summed E-state index contributed by atoms with van der Waals surface area (Å²) in [5, 5.41) is 1.13. The van der Waals surface area contributed by atoms with Crippen LogP contribution >= 0.6 is 11.6 Å². The molecule has 2 nitrogen and oxygen atoms in total. The number of fused-ring (bicyclic) bond motifs is 2. The number of benzene rings is 2. The van der Waals surface area contributed by atoms with Gasteiger partial charge < -0.3 is 4.98 Å². The molecule has 0 aliphatic rings. The molecule has 23 heavy (non-hydrogen) atoms. The molecule has 2 heterocycles. The van der Waals surface area contributed by atoms with E-state index in [2.05, 4.69) is 9.97 Å². The van der Waals surface area contributed by atoms with Crippen LogP contribution in [0.3, 0.4) is 0 Å². The van der Waals surface area contributed by atoms with Crippen LogP contribution < -0.4 is 0 Å². The van der Waals surface area contributed by atoms with Gasteiger partial charge in [-0.05, 0) is 24.3 Å². The quantitative estimate of drug-likeness (QED) is 0.461. The number of nitrogens with one attached hydrogen (secondary N) is 1. The Morgan fingerprint density at radius 3 is 2.65 bits per heavy atom. The molecule has 114 valence electrons. The van der Waals surface area contributed by atoms with Crippen LogP contribution in [-0.2, 0) is 0 Å². The SMILES string of the molecule is Fc1cc(F)c2[nH]cc(-c3ccc4c(Cl)cccc4n3)c2c1F. The van der Waals surface area contributed by atoms with E-state index in [1.807, 2.05) is 0 Å². The molecule has 0 bridgehead atoms. The van der Waals surface area contributed by atoms with Crippen LogP contribution in [0.2, 0.25) is 5.02 Å². The summed E-state index contributed by atoms with van der Waals surface area (Å²) in [4.78, 5) is 7.05. The summed E-state index contributed by atoms with van der Waals surface area (Å²) in [6, 6.07) is 9.14. The van der Waals surface area contributed by atoms with Gasteiger partial charge >= 0.3 is 0 Å². The highest BCUT2D eigenvalue weighted by molar-refractivity contribution is 6.35. The zero-order chi connectivity index (χ0) is 16.1. The Morgan fingerprint density at radius 2 is 1.83 bits per heavy atom. The average molecular weight is 333 g/mol. The summed E-state index contributed by atoms with van der Waals surface area (Å²) in [5.41, 5.74) is 1.21. The molecule has 1 N–H and O–H groups in total. The second kappa shape index (κ2) is 4.99. The van der Waals surface area contributed by atoms with Gasteiger partial charge in [0.15, 0.2) is 11.6 Å². The van der Waals surface area contributed by atoms with Crippen molar-refractivity contribution in [3.63, 3.8) is 0 Å². The third-order valence-electron chi connectivity index (χ3n) is 3.76. The van der Waals surface area contributed by atoms with Crippen molar-refractivity contribution in [3.8, 4) is 11.3 Å². The summed E-state index contributed by atoms with van der Waals surface area (Å²) >= 11 is 6.09. The van der Waals surface area contributed by atoms with Crippen molar-refractivity contribution in [2.75, 3.05) is 0 Å². The lowest BCUT2D eigenvalue weighted by molar-refractivity contribution is 0.505. The van der Waals surface area contributed by atoms with Crippen molar-refractivity contribution in [1.29, 1.82) is 0 Å². The number of hydrogen-bond acceptors (Lipinski definition) is 1. The maximum absolute atomic E-state index is 14.1. The molecule has 0 saturated heterocycles. The molecule has 0 amide bonds. The van der Waals surface area contributed by atoms with Gasteiger partial charge in [-0.15, -0.1) is 0 Å². The van der Waals surface area contributed by atoms with Gasteiger partial charge in [-0.25, -0.2) is 18.2 Å². The summed E-state index contributed by atoms with van der Waals surface area (Å²) in [7, 11) is 0. The van der Waals surface area contributed by atoms with Crippen molar-refractivity contribution >= 4 is 33.4 Å². The van der Waals surface area contributed by atoms with Gasteiger partial charge in [0.2, 0.25) is 0 Å².